The topological polar surface area (TPSA) is 63.2 Å². The van der Waals surface area contributed by atoms with Crippen LogP contribution < -0.4 is 5.32 Å². The van der Waals surface area contributed by atoms with E-state index in [0.29, 0.717) is 5.69 Å². The third kappa shape index (κ3) is 6.01. The van der Waals surface area contributed by atoms with Gasteiger partial charge in [-0.05, 0) is 30.7 Å². The van der Waals surface area contributed by atoms with Gasteiger partial charge in [0.25, 0.3) is 0 Å². The summed E-state index contributed by atoms with van der Waals surface area (Å²) < 4.78 is 34.2. The highest BCUT2D eigenvalue weighted by Crippen LogP contribution is 2.09. The van der Waals surface area contributed by atoms with Crippen LogP contribution in [0, 0.1) is 5.82 Å². The molecule has 0 aliphatic heterocycles. The monoisotopic (exact) mass is 259 g/mol. The Morgan fingerprint density at radius 1 is 1.29 bits per heavy atom. The molecule has 1 N–H and O–H groups in total. The molecule has 94 valence electrons. The number of carbonyl (C=O) groups is 1. The molecule has 0 bridgehead atoms. The molecule has 0 saturated heterocycles. The van der Waals surface area contributed by atoms with E-state index in [9.17, 15) is 17.6 Å². The number of amides is 1. The maximum Gasteiger partial charge on any atom is 0.224 e. The Labute approximate surface area is 99.8 Å². The minimum absolute atomic E-state index is 0.0101. The Morgan fingerprint density at radius 3 is 2.41 bits per heavy atom. The first-order chi connectivity index (χ1) is 7.87. The summed E-state index contributed by atoms with van der Waals surface area (Å²) in [4.78, 5) is 11.4. The van der Waals surface area contributed by atoms with Gasteiger partial charge in [-0.15, -0.1) is 0 Å². The summed E-state index contributed by atoms with van der Waals surface area (Å²) in [7, 11) is -3.03. The van der Waals surface area contributed by atoms with Crippen LogP contribution >= 0.6 is 0 Å². The van der Waals surface area contributed by atoms with E-state index >= 15 is 0 Å². The van der Waals surface area contributed by atoms with Crippen molar-refractivity contribution in [2.75, 3.05) is 17.3 Å². The molecular weight excluding hydrogens is 245 g/mol. The van der Waals surface area contributed by atoms with Crippen molar-refractivity contribution in [2.45, 2.75) is 12.8 Å². The van der Waals surface area contributed by atoms with Crippen molar-refractivity contribution in [3.05, 3.63) is 30.1 Å². The smallest absolute Gasteiger partial charge is 0.224 e. The Kier molecular flexibility index (Phi) is 4.62. The molecule has 0 radical (unpaired) electrons. The second kappa shape index (κ2) is 5.77. The van der Waals surface area contributed by atoms with Crippen LogP contribution in [0.1, 0.15) is 12.8 Å². The summed E-state index contributed by atoms with van der Waals surface area (Å²) in [6.07, 6.45) is 1.54. The molecule has 0 spiro atoms. The third-order valence-electron chi connectivity index (χ3n) is 2.05. The maximum atomic E-state index is 12.6. The van der Waals surface area contributed by atoms with Gasteiger partial charge in [-0.3, -0.25) is 4.79 Å². The molecule has 0 heterocycles. The largest absolute Gasteiger partial charge is 0.326 e. The van der Waals surface area contributed by atoms with Gasteiger partial charge < -0.3 is 5.32 Å². The van der Waals surface area contributed by atoms with E-state index < -0.39 is 9.84 Å². The second-order valence-corrected chi connectivity index (χ2v) is 6.05. The summed E-state index contributed by atoms with van der Waals surface area (Å²) in [6.45, 7) is 0. The molecule has 0 aliphatic carbocycles. The van der Waals surface area contributed by atoms with Crippen molar-refractivity contribution in [3.63, 3.8) is 0 Å². The molecule has 1 rings (SSSR count). The standard InChI is InChI=1S/C11H14FNO3S/c1-17(15,16)8-2-3-11(14)13-10-6-4-9(12)5-7-10/h4-7H,2-3,8H2,1H3,(H,13,14). The fourth-order valence-electron chi connectivity index (χ4n) is 1.25. The number of rotatable bonds is 5. The molecule has 0 aliphatic rings. The number of hydrogen-bond donors (Lipinski definition) is 1. The second-order valence-electron chi connectivity index (χ2n) is 3.79. The summed E-state index contributed by atoms with van der Waals surface area (Å²) in [5, 5.41) is 2.55. The van der Waals surface area contributed by atoms with E-state index in [-0.39, 0.29) is 30.3 Å². The zero-order chi connectivity index (χ0) is 12.9. The molecule has 0 saturated carbocycles. The molecule has 0 fully saturated rings. The Balaban J connectivity index is 2.37. The average molecular weight is 259 g/mol. The number of nitrogens with one attached hydrogen (secondary N) is 1. The van der Waals surface area contributed by atoms with Crippen molar-refractivity contribution in [2.24, 2.45) is 0 Å². The van der Waals surface area contributed by atoms with Gasteiger partial charge in [0.2, 0.25) is 5.91 Å². The lowest BCUT2D eigenvalue weighted by Crippen LogP contribution is -2.13. The van der Waals surface area contributed by atoms with Crippen LogP contribution in [-0.4, -0.2) is 26.3 Å². The van der Waals surface area contributed by atoms with Crippen LogP contribution in [0.5, 0.6) is 0 Å². The molecule has 1 aromatic carbocycles. The SMILES string of the molecule is CS(=O)(=O)CCCC(=O)Nc1ccc(F)cc1. The normalized spacial score (nSPS) is 11.2. The molecule has 0 aromatic heterocycles. The van der Waals surface area contributed by atoms with E-state index in [1.54, 1.807) is 0 Å². The van der Waals surface area contributed by atoms with Crippen LogP contribution in [0.25, 0.3) is 0 Å². The van der Waals surface area contributed by atoms with Gasteiger partial charge in [-0.25, -0.2) is 12.8 Å². The van der Waals surface area contributed by atoms with Crippen LogP contribution in [0.3, 0.4) is 0 Å². The minimum atomic E-state index is -3.03. The fraction of sp³-hybridized carbons (Fsp3) is 0.364. The Morgan fingerprint density at radius 2 is 1.88 bits per heavy atom. The lowest BCUT2D eigenvalue weighted by Gasteiger charge is -2.04. The van der Waals surface area contributed by atoms with Crippen molar-refractivity contribution >= 4 is 21.4 Å². The van der Waals surface area contributed by atoms with E-state index in [0.717, 1.165) is 6.26 Å². The van der Waals surface area contributed by atoms with Crippen LogP contribution in [0.4, 0.5) is 10.1 Å². The van der Waals surface area contributed by atoms with Gasteiger partial charge in [-0.2, -0.15) is 0 Å². The molecule has 1 amide bonds. The predicted octanol–water partition coefficient (Wildman–Crippen LogP) is 1.59. The van der Waals surface area contributed by atoms with Crippen molar-refractivity contribution in [1.29, 1.82) is 0 Å². The van der Waals surface area contributed by atoms with Gasteiger partial charge in [0.05, 0.1) is 5.75 Å². The van der Waals surface area contributed by atoms with E-state index in [1.165, 1.54) is 24.3 Å². The number of sulfone groups is 1. The lowest BCUT2D eigenvalue weighted by atomic mass is 10.3. The van der Waals surface area contributed by atoms with E-state index in [2.05, 4.69) is 5.32 Å². The molecular formula is C11H14FNO3S. The molecule has 0 unspecified atom stereocenters. The van der Waals surface area contributed by atoms with E-state index in [4.69, 9.17) is 0 Å². The lowest BCUT2D eigenvalue weighted by molar-refractivity contribution is -0.116. The quantitative estimate of drug-likeness (QED) is 0.873. The molecule has 4 nitrogen and oxygen atoms in total. The Bertz CT molecular complexity index is 482. The summed E-state index contributed by atoms with van der Waals surface area (Å²) in [5.74, 6) is -0.663. The number of anilines is 1. The zero-order valence-electron chi connectivity index (χ0n) is 9.44. The molecule has 6 heteroatoms. The van der Waals surface area contributed by atoms with Gasteiger partial charge in [0, 0.05) is 18.4 Å². The number of halogens is 1. The van der Waals surface area contributed by atoms with Crippen LogP contribution in [-0.2, 0) is 14.6 Å². The highest BCUT2D eigenvalue weighted by atomic mass is 32.2. The minimum Gasteiger partial charge on any atom is -0.326 e. The summed E-state index contributed by atoms with van der Waals surface area (Å²) in [6, 6.07) is 5.38. The average Bonchev–Trinajstić information content (AvgIpc) is 2.19. The molecule has 17 heavy (non-hydrogen) atoms. The third-order valence-corrected chi connectivity index (χ3v) is 3.08. The first kappa shape index (κ1) is 13.6. The van der Waals surface area contributed by atoms with Gasteiger partial charge in [0.1, 0.15) is 15.7 Å². The van der Waals surface area contributed by atoms with Gasteiger partial charge in [-0.1, -0.05) is 0 Å². The van der Waals surface area contributed by atoms with Crippen LogP contribution in [0.2, 0.25) is 0 Å². The fourth-order valence-corrected chi connectivity index (χ4v) is 1.92. The number of carbonyl (C=O) groups excluding carboxylic acids is 1. The first-order valence-electron chi connectivity index (χ1n) is 5.10. The molecule has 1 aromatic rings. The van der Waals surface area contributed by atoms with Crippen LogP contribution in [0.15, 0.2) is 24.3 Å². The van der Waals surface area contributed by atoms with E-state index in [1.807, 2.05) is 0 Å². The van der Waals surface area contributed by atoms with Crippen molar-refractivity contribution in [3.8, 4) is 0 Å². The number of hydrogen-bond acceptors (Lipinski definition) is 3. The highest BCUT2D eigenvalue weighted by molar-refractivity contribution is 7.90. The molecule has 0 atom stereocenters. The van der Waals surface area contributed by atoms with Crippen molar-refractivity contribution < 1.29 is 17.6 Å². The number of benzene rings is 1. The summed E-state index contributed by atoms with van der Waals surface area (Å²) >= 11 is 0. The maximum absolute atomic E-state index is 12.6. The predicted molar refractivity (Wildman–Crippen MR) is 64.0 cm³/mol. The van der Waals surface area contributed by atoms with Gasteiger partial charge in [0.15, 0.2) is 0 Å². The first-order valence-corrected chi connectivity index (χ1v) is 7.16. The summed E-state index contributed by atoms with van der Waals surface area (Å²) in [5.41, 5.74) is 0.496. The Hall–Kier alpha value is -1.43. The van der Waals surface area contributed by atoms with Crippen molar-refractivity contribution in [1.82, 2.24) is 0 Å². The highest BCUT2D eigenvalue weighted by Gasteiger charge is 2.06. The zero-order valence-corrected chi connectivity index (χ0v) is 10.3. The van der Waals surface area contributed by atoms with Gasteiger partial charge >= 0.3 is 0 Å².